The lowest BCUT2D eigenvalue weighted by molar-refractivity contribution is 0.0832. The van der Waals surface area contributed by atoms with E-state index in [0.717, 1.165) is 24.1 Å². The number of hydrogen-bond donors (Lipinski definition) is 2. The van der Waals surface area contributed by atoms with Gasteiger partial charge in [0.05, 0.1) is 10.9 Å². The molecule has 2 aromatic heterocycles. The van der Waals surface area contributed by atoms with Crippen LogP contribution in [0.25, 0.3) is 21.9 Å². The van der Waals surface area contributed by atoms with E-state index in [9.17, 15) is 14.4 Å². The van der Waals surface area contributed by atoms with Gasteiger partial charge in [-0.1, -0.05) is 18.2 Å². The standard InChI is InChI=1S/C21H16N4O4/c26-19(23-24-20(27)17-11-12-4-1-2-5-16(12)29-17)13-7-8-14-15(10-13)22-18-6-3-9-25(18)21(14)28/h1-2,4-5,7-8,10-11H,3,6,9H2,(H,23,26)(H,24,27). The first-order valence-corrected chi connectivity index (χ1v) is 9.23. The van der Waals surface area contributed by atoms with Crippen molar-refractivity contribution in [3.8, 4) is 0 Å². The first kappa shape index (κ1) is 17.2. The van der Waals surface area contributed by atoms with E-state index in [1.54, 1.807) is 28.8 Å². The third kappa shape index (κ3) is 2.94. The van der Waals surface area contributed by atoms with Gasteiger partial charge in [0.2, 0.25) is 0 Å². The predicted octanol–water partition coefficient (Wildman–Crippen LogP) is 2.16. The molecule has 0 radical (unpaired) electrons. The van der Waals surface area contributed by atoms with E-state index in [1.165, 1.54) is 6.07 Å². The lowest BCUT2D eigenvalue weighted by atomic mass is 10.1. The van der Waals surface area contributed by atoms with Crippen LogP contribution < -0.4 is 16.4 Å². The Hall–Kier alpha value is -3.94. The van der Waals surface area contributed by atoms with Crippen LogP contribution in [0.1, 0.15) is 33.2 Å². The molecule has 2 aromatic carbocycles. The van der Waals surface area contributed by atoms with Crippen LogP contribution in [0.5, 0.6) is 0 Å². The van der Waals surface area contributed by atoms with Crippen LogP contribution in [0.3, 0.4) is 0 Å². The van der Waals surface area contributed by atoms with E-state index in [-0.39, 0.29) is 16.9 Å². The summed E-state index contributed by atoms with van der Waals surface area (Å²) in [5, 5.41) is 1.27. The zero-order valence-electron chi connectivity index (χ0n) is 15.3. The highest BCUT2D eigenvalue weighted by atomic mass is 16.3. The maximum absolute atomic E-state index is 12.5. The van der Waals surface area contributed by atoms with Crippen molar-refractivity contribution in [3.05, 3.63) is 76.0 Å². The van der Waals surface area contributed by atoms with Crippen molar-refractivity contribution in [1.29, 1.82) is 0 Å². The smallest absolute Gasteiger partial charge is 0.305 e. The fourth-order valence-corrected chi connectivity index (χ4v) is 3.57. The Bertz CT molecular complexity index is 1320. The maximum Gasteiger partial charge on any atom is 0.305 e. The topological polar surface area (TPSA) is 106 Å². The number of carbonyl (C=O) groups excluding carboxylic acids is 2. The number of nitrogens with zero attached hydrogens (tertiary/aromatic N) is 2. The van der Waals surface area contributed by atoms with Gasteiger partial charge in [-0.3, -0.25) is 29.8 Å². The highest BCUT2D eigenvalue weighted by molar-refractivity contribution is 6.01. The Kier molecular flexibility index (Phi) is 3.90. The minimum absolute atomic E-state index is 0.0901. The van der Waals surface area contributed by atoms with E-state index in [0.29, 0.717) is 23.0 Å². The van der Waals surface area contributed by atoms with Crippen molar-refractivity contribution in [2.45, 2.75) is 19.4 Å². The van der Waals surface area contributed by atoms with Crippen LogP contribution in [-0.4, -0.2) is 21.4 Å². The van der Waals surface area contributed by atoms with E-state index in [4.69, 9.17) is 4.42 Å². The van der Waals surface area contributed by atoms with Crippen LogP contribution in [-0.2, 0) is 13.0 Å². The van der Waals surface area contributed by atoms with Gasteiger partial charge < -0.3 is 4.42 Å². The van der Waals surface area contributed by atoms with Crippen molar-refractivity contribution in [2.75, 3.05) is 0 Å². The van der Waals surface area contributed by atoms with Gasteiger partial charge in [0.15, 0.2) is 5.76 Å². The second kappa shape index (κ2) is 6.59. The Morgan fingerprint density at radius 1 is 1.03 bits per heavy atom. The highest BCUT2D eigenvalue weighted by Crippen LogP contribution is 2.19. The number of hydrogen-bond acceptors (Lipinski definition) is 5. The fraction of sp³-hybridized carbons (Fsp3) is 0.143. The largest absolute Gasteiger partial charge is 0.451 e. The second-order valence-electron chi connectivity index (χ2n) is 6.88. The molecule has 0 atom stereocenters. The number of rotatable bonds is 2. The van der Waals surface area contributed by atoms with Crippen LogP contribution in [0.15, 0.2) is 57.7 Å². The summed E-state index contributed by atoms with van der Waals surface area (Å²) in [7, 11) is 0. The Morgan fingerprint density at radius 2 is 1.86 bits per heavy atom. The summed E-state index contributed by atoms with van der Waals surface area (Å²) >= 11 is 0. The molecule has 0 saturated carbocycles. The molecule has 0 spiro atoms. The van der Waals surface area contributed by atoms with Crippen LogP contribution in [0.2, 0.25) is 0 Å². The first-order chi connectivity index (χ1) is 14.1. The number of nitrogens with one attached hydrogen (secondary N) is 2. The summed E-state index contributed by atoms with van der Waals surface area (Å²) in [4.78, 5) is 41.7. The number of hydrazine groups is 1. The van der Waals surface area contributed by atoms with Crippen molar-refractivity contribution < 1.29 is 14.0 Å². The maximum atomic E-state index is 12.5. The van der Waals surface area contributed by atoms with Crippen molar-refractivity contribution in [2.24, 2.45) is 0 Å². The molecule has 4 aromatic rings. The molecule has 2 amide bonds. The number of para-hydroxylation sites is 1. The highest BCUT2D eigenvalue weighted by Gasteiger charge is 2.18. The minimum atomic E-state index is -0.565. The van der Waals surface area contributed by atoms with Crippen molar-refractivity contribution in [1.82, 2.24) is 20.4 Å². The third-order valence-corrected chi connectivity index (χ3v) is 5.02. The number of benzene rings is 2. The van der Waals surface area contributed by atoms with Gasteiger partial charge in [-0.25, -0.2) is 4.98 Å². The van der Waals surface area contributed by atoms with Gasteiger partial charge in [0, 0.05) is 23.9 Å². The van der Waals surface area contributed by atoms with Gasteiger partial charge in [-0.2, -0.15) is 0 Å². The molecule has 8 heteroatoms. The monoisotopic (exact) mass is 388 g/mol. The molecule has 1 aliphatic rings. The van der Waals surface area contributed by atoms with Gasteiger partial charge in [0.1, 0.15) is 11.4 Å². The van der Waals surface area contributed by atoms with Gasteiger partial charge >= 0.3 is 5.91 Å². The quantitative estimate of drug-likeness (QED) is 0.512. The molecule has 0 unspecified atom stereocenters. The van der Waals surface area contributed by atoms with E-state index < -0.39 is 11.8 Å². The summed E-state index contributed by atoms with van der Waals surface area (Å²) < 4.78 is 7.15. The number of aromatic nitrogens is 2. The molecule has 0 aliphatic carbocycles. The van der Waals surface area contributed by atoms with Crippen molar-refractivity contribution >= 4 is 33.7 Å². The van der Waals surface area contributed by atoms with Gasteiger partial charge in [-0.15, -0.1) is 0 Å². The molecule has 2 N–H and O–H groups in total. The molecule has 1 aliphatic heterocycles. The summed E-state index contributed by atoms with van der Waals surface area (Å²) in [5.74, 6) is -0.253. The molecule has 0 bridgehead atoms. The lowest BCUT2D eigenvalue weighted by Crippen LogP contribution is -2.41. The number of carbonyl (C=O) groups is 2. The summed E-state index contributed by atoms with van der Waals surface area (Å²) in [6, 6.07) is 13.5. The predicted molar refractivity (Wildman–Crippen MR) is 105 cm³/mol. The number of aryl methyl sites for hydroxylation is 1. The lowest BCUT2D eigenvalue weighted by Gasteiger charge is -2.08. The normalized spacial score (nSPS) is 12.8. The minimum Gasteiger partial charge on any atom is -0.451 e. The molecule has 0 saturated heterocycles. The zero-order valence-corrected chi connectivity index (χ0v) is 15.3. The molecule has 8 nitrogen and oxygen atoms in total. The summed E-state index contributed by atoms with van der Waals surface area (Å²) in [6.45, 7) is 0.674. The van der Waals surface area contributed by atoms with Crippen LogP contribution in [0.4, 0.5) is 0 Å². The molecular weight excluding hydrogens is 372 g/mol. The average molecular weight is 388 g/mol. The number of fused-ring (bicyclic) bond motifs is 3. The fourth-order valence-electron chi connectivity index (χ4n) is 3.57. The van der Waals surface area contributed by atoms with E-state index in [1.807, 2.05) is 18.2 Å². The second-order valence-corrected chi connectivity index (χ2v) is 6.88. The molecular formula is C21H16N4O4. The number of amides is 2. The van der Waals surface area contributed by atoms with Gasteiger partial charge in [0.25, 0.3) is 11.5 Å². The van der Waals surface area contributed by atoms with Gasteiger partial charge in [-0.05, 0) is 36.8 Å². The number of furan rings is 1. The summed E-state index contributed by atoms with van der Waals surface area (Å²) in [5.41, 5.74) is 5.96. The Balaban J connectivity index is 1.35. The molecule has 29 heavy (non-hydrogen) atoms. The molecule has 3 heterocycles. The van der Waals surface area contributed by atoms with E-state index in [2.05, 4.69) is 15.8 Å². The Labute approximate surface area is 164 Å². The molecule has 5 rings (SSSR count). The van der Waals surface area contributed by atoms with Crippen LogP contribution >= 0.6 is 0 Å². The molecule has 0 fully saturated rings. The zero-order chi connectivity index (χ0) is 20.0. The van der Waals surface area contributed by atoms with E-state index >= 15 is 0 Å². The molecule has 144 valence electrons. The van der Waals surface area contributed by atoms with Crippen molar-refractivity contribution in [3.63, 3.8) is 0 Å². The average Bonchev–Trinajstić information content (AvgIpc) is 3.38. The third-order valence-electron chi connectivity index (χ3n) is 5.02. The first-order valence-electron chi connectivity index (χ1n) is 9.23. The van der Waals surface area contributed by atoms with Crippen LogP contribution in [0, 0.1) is 0 Å². The summed E-state index contributed by atoms with van der Waals surface area (Å²) in [6.07, 6.45) is 1.63. The Morgan fingerprint density at radius 3 is 2.72 bits per heavy atom. The SMILES string of the molecule is O=C(NNC(=O)c1cc2ccccc2o1)c1ccc2c(=O)n3c(nc2c1)CCC3.